The first-order valence-electron chi connectivity index (χ1n) is 9.74. The van der Waals surface area contributed by atoms with Crippen LogP contribution in [0, 0.1) is 11.3 Å². The Kier molecular flexibility index (Phi) is 5.23. The van der Waals surface area contributed by atoms with Crippen LogP contribution in [-0.4, -0.2) is 4.57 Å². The lowest BCUT2D eigenvalue weighted by molar-refractivity contribution is 0.530. The number of rotatable bonds is 2. The van der Waals surface area contributed by atoms with E-state index in [-0.39, 0.29) is 5.41 Å². The maximum absolute atomic E-state index is 9.11. The molecule has 1 unspecified atom stereocenters. The fraction of sp³-hybridized carbons (Fsp3) is 0.192. The van der Waals surface area contributed by atoms with Crippen molar-refractivity contribution in [3.63, 3.8) is 0 Å². The maximum atomic E-state index is 9.11. The van der Waals surface area contributed by atoms with Gasteiger partial charge in [0, 0.05) is 22.5 Å². The second-order valence-corrected chi connectivity index (χ2v) is 9.44. The predicted octanol–water partition coefficient (Wildman–Crippen LogP) is 7.61. The molecule has 3 heteroatoms. The zero-order valence-electron chi connectivity index (χ0n) is 16.7. The summed E-state index contributed by atoms with van der Waals surface area (Å²) in [6.07, 6.45) is 13.6. The molecular weight excluding hydrogens is 467 g/mol. The molecule has 2 nitrogen and oxygen atoms in total. The molecule has 4 rings (SSSR count). The van der Waals surface area contributed by atoms with E-state index in [2.05, 4.69) is 114 Å². The van der Waals surface area contributed by atoms with Gasteiger partial charge in [0.25, 0.3) is 0 Å². The molecule has 0 amide bonds. The van der Waals surface area contributed by atoms with Gasteiger partial charge in [-0.25, -0.2) is 0 Å². The van der Waals surface area contributed by atoms with E-state index in [1.54, 1.807) is 6.08 Å². The first-order valence-corrected chi connectivity index (χ1v) is 11.0. The van der Waals surface area contributed by atoms with E-state index in [1.165, 1.54) is 21.9 Å². The molecule has 0 N–H and O–H groups in total. The summed E-state index contributed by atoms with van der Waals surface area (Å²) in [4.78, 5) is 0. The first-order chi connectivity index (χ1) is 13.9. The molecule has 0 saturated carbocycles. The summed E-state index contributed by atoms with van der Waals surface area (Å²) in [5.74, 6) is 0. The highest BCUT2D eigenvalue weighted by Gasteiger charge is 2.27. The zero-order valence-corrected chi connectivity index (χ0v) is 18.8. The zero-order chi connectivity index (χ0) is 20.6. The van der Waals surface area contributed by atoms with Gasteiger partial charge in [-0.1, -0.05) is 85.5 Å². The third-order valence-corrected chi connectivity index (χ3v) is 6.72. The normalized spacial score (nSPS) is 20.6. The number of nitrogens with zero attached hydrogens (tertiary/aromatic N) is 2. The molecule has 1 atom stereocenters. The number of hydrogen-bond acceptors (Lipinski definition) is 1. The summed E-state index contributed by atoms with van der Waals surface area (Å²) >= 11 is 2.53. The molecule has 0 spiro atoms. The van der Waals surface area contributed by atoms with E-state index >= 15 is 0 Å². The van der Waals surface area contributed by atoms with Crippen molar-refractivity contribution in [3.05, 3.63) is 90.1 Å². The topological polar surface area (TPSA) is 28.7 Å². The number of halogens is 1. The molecule has 29 heavy (non-hydrogen) atoms. The van der Waals surface area contributed by atoms with Crippen LogP contribution in [0.2, 0.25) is 0 Å². The second-order valence-electron chi connectivity index (χ2n) is 8.10. The largest absolute Gasteiger partial charge is 0.316 e. The summed E-state index contributed by atoms with van der Waals surface area (Å²) in [5, 5.41) is 11.6. The van der Waals surface area contributed by atoms with Crippen LogP contribution in [0.3, 0.4) is 0 Å². The molecule has 144 valence electrons. The third kappa shape index (κ3) is 3.58. The summed E-state index contributed by atoms with van der Waals surface area (Å²) < 4.78 is 2.49. The van der Waals surface area contributed by atoms with Gasteiger partial charge in [-0.05, 0) is 47.2 Å². The molecule has 1 aromatic heterocycles. The van der Waals surface area contributed by atoms with E-state index in [0.717, 1.165) is 17.5 Å². The highest BCUT2D eigenvalue weighted by atomic mass is 127. The third-order valence-electron chi connectivity index (χ3n) is 5.63. The Morgan fingerprint density at radius 3 is 2.79 bits per heavy atom. The second kappa shape index (κ2) is 7.68. The molecule has 1 aliphatic carbocycles. The Morgan fingerprint density at radius 2 is 2.00 bits per heavy atom. The Labute approximate surface area is 185 Å². The fourth-order valence-electron chi connectivity index (χ4n) is 4.05. The van der Waals surface area contributed by atoms with Gasteiger partial charge in [-0.2, -0.15) is 5.26 Å². The molecule has 0 fully saturated rings. The van der Waals surface area contributed by atoms with Gasteiger partial charge < -0.3 is 4.57 Å². The molecule has 2 aromatic carbocycles. The van der Waals surface area contributed by atoms with Gasteiger partial charge in [0.2, 0.25) is 0 Å². The van der Waals surface area contributed by atoms with Crippen molar-refractivity contribution in [2.75, 3.05) is 0 Å². The maximum Gasteiger partial charge on any atom is 0.0985 e. The van der Waals surface area contributed by atoms with Gasteiger partial charge >= 0.3 is 0 Å². The van der Waals surface area contributed by atoms with Crippen LogP contribution in [0.15, 0.2) is 78.9 Å². The molecular formula is C26H23IN2. The smallest absolute Gasteiger partial charge is 0.0985 e. The minimum Gasteiger partial charge on any atom is -0.316 e. The van der Waals surface area contributed by atoms with E-state index in [4.69, 9.17) is 5.26 Å². The number of nitriles is 1. The highest BCUT2D eigenvalue weighted by Crippen LogP contribution is 2.42. The lowest BCUT2D eigenvalue weighted by Gasteiger charge is -2.28. The minimum atomic E-state index is 0.0245. The Balaban J connectivity index is 2.08. The van der Waals surface area contributed by atoms with Crippen molar-refractivity contribution in [2.24, 2.45) is 0 Å². The van der Waals surface area contributed by atoms with Gasteiger partial charge in [0.05, 0.1) is 21.0 Å². The SMILES string of the molecule is C=C(C#N)/C=C/n1c2ccccc2c2cc3c(cc21)C(C)(C)C/C=C\C=C/C3I. The van der Waals surface area contributed by atoms with Crippen LogP contribution in [-0.2, 0) is 5.41 Å². The van der Waals surface area contributed by atoms with Gasteiger partial charge in [0.1, 0.15) is 0 Å². The number of hydrogen-bond donors (Lipinski definition) is 0. The van der Waals surface area contributed by atoms with Crippen molar-refractivity contribution >= 4 is 50.6 Å². The van der Waals surface area contributed by atoms with Crippen LogP contribution in [0.25, 0.3) is 28.0 Å². The number of allylic oxidation sites excluding steroid dienone is 6. The van der Waals surface area contributed by atoms with Crippen LogP contribution < -0.4 is 0 Å². The van der Waals surface area contributed by atoms with Gasteiger partial charge in [-0.15, -0.1) is 0 Å². The lowest BCUT2D eigenvalue weighted by Crippen LogP contribution is -2.18. The quantitative estimate of drug-likeness (QED) is 0.157. The van der Waals surface area contributed by atoms with Crippen LogP contribution in [0.5, 0.6) is 0 Å². The summed E-state index contributed by atoms with van der Waals surface area (Å²) in [7, 11) is 0. The number of para-hydroxylation sites is 1. The standard InChI is InChI=1S/C26H23IN2/c1-18(17-28)12-14-29-24-11-7-6-9-19(24)20-15-21-22(16-25(20)29)26(2,3)13-8-4-5-10-23(21)27/h4-12,14-16,23H,1,13H2,2-3H3/b8-4-,10-5-,14-12+. The molecule has 0 saturated heterocycles. The van der Waals surface area contributed by atoms with Crippen LogP contribution in [0.4, 0.5) is 0 Å². The van der Waals surface area contributed by atoms with Gasteiger partial charge in [0.15, 0.2) is 0 Å². The van der Waals surface area contributed by atoms with Crippen molar-refractivity contribution in [2.45, 2.75) is 29.6 Å². The van der Waals surface area contributed by atoms with E-state index in [0.29, 0.717) is 9.50 Å². The average Bonchev–Trinajstić information content (AvgIpc) is 3.04. The number of fused-ring (bicyclic) bond motifs is 4. The number of benzene rings is 2. The Bertz CT molecular complexity index is 1250. The highest BCUT2D eigenvalue weighted by molar-refractivity contribution is 14.1. The van der Waals surface area contributed by atoms with Crippen molar-refractivity contribution < 1.29 is 0 Å². The van der Waals surface area contributed by atoms with E-state index in [1.807, 2.05) is 6.20 Å². The minimum absolute atomic E-state index is 0.0245. The predicted molar refractivity (Wildman–Crippen MR) is 132 cm³/mol. The number of aromatic nitrogens is 1. The molecule has 1 heterocycles. The first kappa shape index (κ1) is 19.7. The summed E-state index contributed by atoms with van der Waals surface area (Å²) in [5.41, 5.74) is 5.51. The monoisotopic (exact) mass is 490 g/mol. The Morgan fingerprint density at radius 1 is 1.21 bits per heavy atom. The van der Waals surface area contributed by atoms with E-state index < -0.39 is 0 Å². The summed E-state index contributed by atoms with van der Waals surface area (Å²) in [6.45, 7) is 8.42. The lowest BCUT2D eigenvalue weighted by atomic mass is 9.78. The van der Waals surface area contributed by atoms with Crippen LogP contribution >= 0.6 is 22.6 Å². The molecule has 0 radical (unpaired) electrons. The fourth-order valence-corrected chi connectivity index (χ4v) is 4.81. The van der Waals surface area contributed by atoms with Crippen molar-refractivity contribution in [1.82, 2.24) is 4.57 Å². The van der Waals surface area contributed by atoms with Gasteiger partial charge in [-0.3, -0.25) is 0 Å². The number of alkyl halides is 1. The van der Waals surface area contributed by atoms with E-state index in [9.17, 15) is 0 Å². The molecule has 0 bridgehead atoms. The summed E-state index contributed by atoms with van der Waals surface area (Å²) in [6, 6.07) is 15.3. The molecule has 1 aliphatic rings. The Hall–Kier alpha value is -2.58. The average molecular weight is 490 g/mol. The molecule has 3 aromatic rings. The molecule has 0 aliphatic heterocycles. The van der Waals surface area contributed by atoms with Crippen LogP contribution in [0.1, 0.15) is 35.3 Å². The van der Waals surface area contributed by atoms with Crippen molar-refractivity contribution in [3.8, 4) is 6.07 Å². The van der Waals surface area contributed by atoms with Crippen molar-refractivity contribution in [1.29, 1.82) is 5.26 Å².